The van der Waals surface area contributed by atoms with Gasteiger partial charge >= 0.3 is 0 Å². The molecule has 0 fully saturated rings. The first-order valence-corrected chi connectivity index (χ1v) is 6.13. The third-order valence-electron chi connectivity index (χ3n) is 2.55. The maximum atomic E-state index is 11.8. The van der Waals surface area contributed by atoms with E-state index in [1.807, 2.05) is 19.0 Å². The summed E-state index contributed by atoms with van der Waals surface area (Å²) in [6, 6.07) is 5.11. The minimum Gasteiger partial charge on any atom is -0.397 e. The number of benzene rings is 1. The number of rotatable bonds is 7. The number of nitrogens with two attached hydrogens (primary N) is 2. The van der Waals surface area contributed by atoms with E-state index >= 15 is 0 Å². The molecule has 1 rings (SSSR count). The van der Waals surface area contributed by atoms with Gasteiger partial charge in [0.15, 0.2) is 0 Å². The summed E-state index contributed by atoms with van der Waals surface area (Å²) in [6.07, 6.45) is 0. The highest BCUT2D eigenvalue weighted by Crippen LogP contribution is 2.22. The van der Waals surface area contributed by atoms with Crippen molar-refractivity contribution in [3.8, 4) is 0 Å². The van der Waals surface area contributed by atoms with Crippen LogP contribution in [0.1, 0.15) is 10.4 Å². The number of ether oxygens (including phenoxy) is 1. The zero-order valence-corrected chi connectivity index (χ0v) is 11.7. The quantitative estimate of drug-likeness (QED) is 0.463. The predicted octanol–water partition coefficient (Wildman–Crippen LogP) is -0.433. The van der Waals surface area contributed by atoms with Gasteiger partial charge in [0.2, 0.25) is 5.91 Å². The van der Waals surface area contributed by atoms with Crippen LogP contribution in [0.5, 0.6) is 0 Å². The minimum atomic E-state index is -0.539. The monoisotopic (exact) mass is 280 g/mol. The van der Waals surface area contributed by atoms with Gasteiger partial charge in [-0.3, -0.25) is 9.59 Å². The van der Waals surface area contributed by atoms with Crippen molar-refractivity contribution in [2.24, 2.45) is 5.73 Å². The molecule has 0 unspecified atom stereocenters. The van der Waals surface area contributed by atoms with Crippen LogP contribution < -0.4 is 21.7 Å². The van der Waals surface area contributed by atoms with E-state index in [1.165, 1.54) is 0 Å². The second kappa shape index (κ2) is 7.34. The minimum absolute atomic E-state index is 0.152. The molecule has 1 aromatic carbocycles. The number of anilines is 2. The molecule has 7 nitrogen and oxygen atoms in total. The molecule has 0 aliphatic carbocycles. The van der Waals surface area contributed by atoms with E-state index in [4.69, 9.17) is 16.2 Å². The van der Waals surface area contributed by atoms with E-state index in [0.717, 1.165) is 5.69 Å². The van der Waals surface area contributed by atoms with Gasteiger partial charge in [0.25, 0.3) is 5.91 Å². The fourth-order valence-electron chi connectivity index (χ4n) is 1.61. The summed E-state index contributed by atoms with van der Waals surface area (Å²) < 4.78 is 4.94. The van der Waals surface area contributed by atoms with Gasteiger partial charge in [-0.15, -0.1) is 0 Å². The first-order valence-electron chi connectivity index (χ1n) is 6.13. The first-order chi connectivity index (χ1) is 9.41. The van der Waals surface area contributed by atoms with Crippen molar-refractivity contribution >= 4 is 23.2 Å². The summed E-state index contributed by atoms with van der Waals surface area (Å²) in [5, 5.41) is 2.66. The molecule has 0 heterocycles. The number of hydrogen-bond donors (Lipinski definition) is 3. The zero-order chi connectivity index (χ0) is 15.1. The van der Waals surface area contributed by atoms with Gasteiger partial charge in [-0.25, -0.2) is 0 Å². The Balaban J connectivity index is 2.48. The van der Waals surface area contributed by atoms with Crippen LogP contribution in [0, 0.1) is 0 Å². The van der Waals surface area contributed by atoms with E-state index in [1.54, 1.807) is 18.2 Å². The van der Waals surface area contributed by atoms with Gasteiger partial charge in [-0.1, -0.05) is 0 Å². The van der Waals surface area contributed by atoms with E-state index in [9.17, 15) is 9.59 Å². The zero-order valence-electron chi connectivity index (χ0n) is 11.7. The summed E-state index contributed by atoms with van der Waals surface area (Å²) in [6.45, 7) is 0.363. The smallest absolute Gasteiger partial charge is 0.251 e. The van der Waals surface area contributed by atoms with Crippen molar-refractivity contribution < 1.29 is 14.3 Å². The van der Waals surface area contributed by atoms with Crippen LogP contribution >= 0.6 is 0 Å². The summed E-state index contributed by atoms with van der Waals surface area (Å²) in [7, 11) is 3.75. The van der Waals surface area contributed by atoms with Crippen LogP contribution in [0.25, 0.3) is 0 Å². The second-order valence-corrected chi connectivity index (χ2v) is 4.44. The summed E-state index contributed by atoms with van der Waals surface area (Å²) >= 11 is 0. The topological polar surface area (TPSA) is 111 Å². The lowest BCUT2D eigenvalue weighted by atomic mass is 10.1. The SMILES string of the molecule is CN(C)c1ccc(C(=O)NCCOCC(N)=O)cc1N. The maximum absolute atomic E-state index is 11.8. The van der Waals surface area contributed by atoms with Crippen molar-refractivity contribution in [2.75, 3.05) is 44.5 Å². The molecule has 0 aliphatic rings. The van der Waals surface area contributed by atoms with Gasteiger partial charge in [0.05, 0.1) is 18.0 Å². The van der Waals surface area contributed by atoms with Crippen LogP contribution in [0.4, 0.5) is 11.4 Å². The molecule has 5 N–H and O–H groups in total. The molecule has 0 bridgehead atoms. The molecular weight excluding hydrogens is 260 g/mol. The largest absolute Gasteiger partial charge is 0.397 e. The molecule has 0 aromatic heterocycles. The Morgan fingerprint density at radius 3 is 2.60 bits per heavy atom. The molecule has 0 spiro atoms. The Hall–Kier alpha value is -2.28. The number of nitrogens with one attached hydrogen (secondary N) is 1. The fourth-order valence-corrected chi connectivity index (χ4v) is 1.61. The molecule has 110 valence electrons. The molecule has 20 heavy (non-hydrogen) atoms. The highest BCUT2D eigenvalue weighted by atomic mass is 16.5. The lowest BCUT2D eigenvalue weighted by molar-refractivity contribution is -0.122. The van der Waals surface area contributed by atoms with Crippen molar-refractivity contribution in [1.82, 2.24) is 5.32 Å². The lowest BCUT2D eigenvalue weighted by Crippen LogP contribution is -2.29. The number of nitrogen functional groups attached to an aromatic ring is 1. The average molecular weight is 280 g/mol. The van der Waals surface area contributed by atoms with E-state index in [-0.39, 0.29) is 19.1 Å². The normalized spacial score (nSPS) is 10.1. The number of amides is 2. The van der Waals surface area contributed by atoms with E-state index in [0.29, 0.717) is 17.8 Å². The number of primary amides is 1. The van der Waals surface area contributed by atoms with Gasteiger partial charge in [0.1, 0.15) is 6.61 Å². The molecule has 0 radical (unpaired) electrons. The van der Waals surface area contributed by atoms with Crippen molar-refractivity contribution in [2.45, 2.75) is 0 Å². The van der Waals surface area contributed by atoms with Crippen molar-refractivity contribution in [3.05, 3.63) is 23.8 Å². The van der Waals surface area contributed by atoms with Crippen molar-refractivity contribution in [3.63, 3.8) is 0 Å². The maximum Gasteiger partial charge on any atom is 0.251 e. The van der Waals surface area contributed by atoms with Crippen LogP contribution in [0.15, 0.2) is 18.2 Å². The van der Waals surface area contributed by atoms with Gasteiger partial charge in [-0.05, 0) is 18.2 Å². The summed E-state index contributed by atoms with van der Waals surface area (Å²) in [5.41, 5.74) is 12.6. The molecule has 0 saturated carbocycles. The van der Waals surface area contributed by atoms with Gasteiger partial charge in [-0.2, -0.15) is 0 Å². The molecule has 0 aliphatic heterocycles. The van der Waals surface area contributed by atoms with E-state index < -0.39 is 5.91 Å². The Bertz CT molecular complexity index is 489. The second-order valence-electron chi connectivity index (χ2n) is 4.44. The molecular formula is C13H20N4O3. The van der Waals surface area contributed by atoms with Crippen LogP contribution in [0.3, 0.4) is 0 Å². The average Bonchev–Trinajstić information content (AvgIpc) is 2.37. The van der Waals surface area contributed by atoms with Crippen LogP contribution in [0.2, 0.25) is 0 Å². The van der Waals surface area contributed by atoms with Gasteiger partial charge < -0.3 is 26.4 Å². The highest BCUT2D eigenvalue weighted by molar-refractivity contribution is 5.96. The highest BCUT2D eigenvalue weighted by Gasteiger charge is 2.08. The van der Waals surface area contributed by atoms with Crippen LogP contribution in [-0.4, -0.2) is 45.7 Å². The lowest BCUT2D eigenvalue weighted by Gasteiger charge is -2.15. The summed E-state index contributed by atoms with van der Waals surface area (Å²) in [5.74, 6) is -0.784. The predicted molar refractivity (Wildman–Crippen MR) is 77.5 cm³/mol. The van der Waals surface area contributed by atoms with Crippen LogP contribution in [-0.2, 0) is 9.53 Å². The Kier molecular flexibility index (Phi) is 5.79. The molecule has 0 atom stereocenters. The Labute approximate surface area is 117 Å². The Morgan fingerprint density at radius 2 is 2.05 bits per heavy atom. The third-order valence-corrected chi connectivity index (χ3v) is 2.55. The van der Waals surface area contributed by atoms with Crippen molar-refractivity contribution in [1.29, 1.82) is 0 Å². The first kappa shape index (κ1) is 15.8. The number of carbonyl (C=O) groups is 2. The Morgan fingerprint density at radius 1 is 1.35 bits per heavy atom. The number of hydrogen-bond acceptors (Lipinski definition) is 5. The standard InChI is InChI=1S/C13H20N4O3/c1-17(2)11-4-3-9(7-10(11)14)13(19)16-5-6-20-8-12(15)18/h3-4,7H,5-6,8,14H2,1-2H3,(H2,15,18)(H,16,19). The number of carbonyl (C=O) groups excluding carboxylic acids is 2. The third kappa shape index (κ3) is 4.77. The molecule has 7 heteroatoms. The summed E-state index contributed by atoms with van der Waals surface area (Å²) in [4.78, 5) is 24.2. The van der Waals surface area contributed by atoms with Gasteiger partial charge in [0, 0.05) is 26.2 Å². The molecule has 1 aromatic rings. The molecule has 2 amide bonds. The number of nitrogens with zero attached hydrogens (tertiary/aromatic N) is 1. The fraction of sp³-hybridized carbons (Fsp3) is 0.385. The molecule has 0 saturated heterocycles. The van der Waals surface area contributed by atoms with E-state index in [2.05, 4.69) is 5.32 Å².